The van der Waals surface area contributed by atoms with Crippen LogP contribution in [0.3, 0.4) is 0 Å². The van der Waals surface area contributed by atoms with Gasteiger partial charge in [0.25, 0.3) is 0 Å². The largest absolute Gasteiger partial charge is 0.348 e. The summed E-state index contributed by atoms with van der Waals surface area (Å²) in [5.74, 6) is 0.437. The Labute approximate surface area is 193 Å². The quantitative estimate of drug-likeness (QED) is 0.291. The van der Waals surface area contributed by atoms with Gasteiger partial charge in [-0.05, 0) is 44.2 Å². The van der Waals surface area contributed by atoms with Crippen LogP contribution in [-0.4, -0.2) is 0 Å². The molecule has 4 atom stereocenters. The Bertz CT molecular complexity index is 1440. The van der Waals surface area contributed by atoms with Crippen molar-refractivity contribution in [2.75, 3.05) is 0 Å². The summed E-state index contributed by atoms with van der Waals surface area (Å²) >= 11 is 0. The molecule has 5 aromatic carbocycles. The van der Waals surface area contributed by atoms with E-state index >= 15 is 0 Å². The second-order valence-electron chi connectivity index (χ2n) is 9.60. The minimum Gasteiger partial charge on any atom is -0.348 e. The first-order valence-electron chi connectivity index (χ1n) is 11.8. The molecule has 1 aliphatic carbocycles. The highest BCUT2D eigenvalue weighted by atomic mass is 16.5. The summed E-state index contributed by atoms with van der Waals surface area (Å²) in [6.45, 7) is 0. The molecule has 0 N–H and O–H groups in total. The molecule has 0 amide bonds. The van der Waals surface area contributed by atoms with E-state index in [2.05, 4.69) is 121 Å². The van der Waals surface area contributed by atoms with E-state index in [9.17, 15) is 0 Å². The van der Waals surface area contributed by atoms with Crippen LogP contribution >= 0.6 is 0 Å². The van der Waals surface area contributed by atoms with Crippen LogP contribution < -0.4 is 0 Å². The molecule has 8 rings (SSSR count). The molecule has 1 saturated heterocycles. The van der Waals surface area contributed by atoms with E-state index < -0.39 is 11.2 Å². The molecule has 5 aromatic rings. The molecule has 1 heteroatoms. The highest BCUT2D eigenvalue weighted by molar-refractivity contribution is 5.94. The zero-order valence-electron chi connectivity index (χ0n) is 18.1. The number of fused-ring (bicyclic) bond motifs is 10. The Hall–Kier alpha value is -3.68. The van der Waals surface area contributed by atoms with Crippen molar-refractivity contribution in [2.24, 2.45) is 0 Å². The van der Waals surface area contributed by atoms with Gasteiger partial charge in [0.05, 0.1) is 0 Å². The van der Waals surface area contributed by atoms with Crippen molar-refractivity contribution in [2.45, 2.75) is 23.0 Å². The van der Waals surface area contributed by atoms with Gasteiger partial charge in [-0.1, -0.05) is 121 Å². The summed E-state index contributed by atoms with van der Waals surface area (Å²) in [7, 11) is 0. The molecular weight excluding hydrogens is 400 g/mol. The Morgan fingerprint density at radius 2 is 0.909 bits per heavy atom. The summed E-state index contributed by atoms with van der Waals surface area (Å²) in [4.78, 5) is 0. The van der Waals surface area contributed by atoms with Gasteiger partial charge in [-0.2, -0.15) is 0 Å². The third kappa shape index (κ3) is 1.91. The number of ether oxygens (including phenoxy) is 1. The van der Waals surface area contributed by atoms with Gasteiger partial charge in [0, 0.05) is 11.8 Å². The molecule has 0 spiro atoms. The van der Waals surface area contributed by atoms with Crippen LogP contribution in [0.2, 0.25) is 0 Å². The fraction of sp³-hybridized carbons (Fsp3) is 0.125. The van der Waals surface area contributed by atoms with Gasteiger partial charge in [0.1, 0.15) is 11.2 Å². The summed E-state index contributed by atoms with van der Waals surface area (Å²) in [6.07, 6.45) is 0. The average Bonchev–Trinajstić information content (AvgIpc) is 3.51. The molecule has 156 valence electrons. The summed E-state index contributed by atoms with van der Waals surface area (Å²) in [5.41, 5.74) is 6.91. The molecule has 3 aliphatic rings. The molecule has 1 fully saturated rings. The highest BCUT2D eigenvalue weighted by Gasteiger charge is 2.73. The number of hydrogen-bond acceptors (Lipinski definition) is 1. The van der Waals surface area contributed by atoms with Crippen LogP contribution in [0, 0.1) is 0 Å². The number of rotatable bonds is 2. The SMILES string of the molecule is c1ccc([C@@]23O[C@@](c4ccccc4)(c4ccccc42)[C@@H]2c4cccc5cccc(c45)[C@H]23)cc1. The first-order chi connectivity index (χ1) is 16.4. The normalized spacial score (nSPS) is 28.1. The lowest BCUT2D eigenvalue weighted by Gasteiger charge is -2.38. The van der Waals surface area contributed by atoms with E-state index in [-0.39, 0.29) is 11.8 Å². The lowest BCUT2D eigenvalue weighted by molar-refractivity contribution is -0.0480. The van der Waals surface area contributed by atoms with E-state index in [0.717, 1.165) is 0 Å². The summed E-state index contributed by atoms with van der Waals surface area (Å²) in [5, 5.41) is 2.75. The van der Waals surface area contributed by atoms with E-state index in [0.29, 0.717) is 0 Å². The third-order valence-electron chi connectivity index (χ3n) is 8.30. The van der Waals surface area contributed by atoms with E-state index in [1.165, 1.54) is 44.2 Å². The molecule has 0 unspecified atom stereocenters. The number of hydrogen-bond donors (Lipinski definition) is 0. The topological polar surface area (TPSA) is 9.23 Å². The maximum Gasteiger partial charge on any atom is 0.128 e. The summed E-state index contributed by atoms with van der Waals surface area (Å²) < 4.78 is 7.55. The van der Waals surface area contributed by atoms with Gasteiger partial charge >= 0.3 is 0 Å². The maximum absolute atomic E-state index is 7.55. The molecule has 1 nitrogen and oxygen atoms in total. The molecule has 0 radical (unpaired) electrons. The second-order valence-corrected chi connectivity index (χ2v) is 9.60. The first-order valence-corrected chi connectivity index (χ1v) is 11.8. The van der Waals surface area contributed by atoms with Crippen molar-refractivity contribution in [1.29, 1.82) is 0 Å². The van der Waals surface area contributed by atoms with E-state index in [4.69, 9.17) is 4.74 Å². The first kappa shape index (κ1) is 17.8. The standard InChI is InChI=1S/C32H22O/c1-3-13-22(14-4-1)31-26-19-7-8-20-27(26)32(33-31,23-15-5-2-6-16-23)30-25-18-10-12-21-11-9-17-24(28(21)25)29(30)31/h1-20,29-30H/t29-,30-,31-,32+/m1/s1. The lowest BCUT2D eigenvalue weighted by atomic mass is 9.60. The Morgan fingerprint density at radius 1 is 0.455 bits per heavy atom. The van der Waals surface area contributed by atoms with E-state index in [1.807, 2.05) is 0 Å². The van der Waals surface area contributed by atoms with E-state index in [1.54, 1.807) is 0 Å². The molecule has 2 aliphatic heterocycles. The van der Waals surface area contributed by atoms with Crippen molar-refractivity contribution in [3.63, 3.8) is 0 Å². The van der Waals surface area contributed by atoms with Crippen molar-refractivity contribution in [3.8, 4) is 0 Å². The minimum absolute atomic E-state index is 0.219. The van der Waals surface area contributed by atoms with Crippen LogP contribution in [0.15, 0.2) is 121 Å². The Kier molecular flexibility index (Phi) is 3.24. The van der Waals surface area contributed by atoms with Crippen LogP contribution in [-0.2, 0) is 15.9 Å². The third-order valence-corrected chi connectivity index (χ3v) is 8.30. The Morgan fingerprint density at radius 3 is 1.39 bits per heavy atom. The molecule has 0 saturated carbocycles. The van der Waals surface area contributed by atoms with Crippen molar-refractivity contribution in [3.05, 3.63) is 155 Å². The highest BCUT2D eigenvalue weighted by Crippen LogP contribution is 2.76. The average molecular weight is 423 g/mol. The van der Waals surface area contributed by atoms with Gasteiger partial charge in [-0.15, -0.1) is 0 Å². The minimum atomic E-state index is -0.522. The molecule has 33 heavy (non-hydrogen) atoms. The van der Waals surface area contributed by atoms with Crippen molar-refractivity contribution in [1.82, 2.24) is 0 Å². The second kappa shape index (κ2) is 6.01. The molecule has 2 heterocycles. The summed E-state index contributed by atoms with van der Waals surface area (Å²) in [6, 6.07) is 44.4. The van der Waals surface area contributed by atoms with Gasteiger partial charge in [-0.3, -0.25) is 0 Å². The zero-order chi connectivity index (χ0) is 21.6. The fourth-order valence-corrected chi connectivity index (χ4v) is 7.30. The van der Waals surface area contributed by atoms with Gasteiger partial charge in [-0.25, -0.2) is 0 Å². The van der Waals surface area contributed by atoms with Gasteiger partial charge < -0.3 is 4.74 Å². The van der Waals surface area contributed by atoms with Crippen molar-refractivity contribution >= 4 is 10.8 Å². The van der Waals surface area contributed by atoms with Crippen LogP contribution in [0.1, 0.15) is 45.2 Å². The predicted molar refractivity (Wildman–Crippen MR) is 131 cm³/mol. The van der Waals surface area contributed by atoms with Crippen molar-refractivity contribution < 1.29 is 4.74 Å². The lowest BCUT2D eigenvalue weighted by Crippen LogP contribution is -2.35. The van der Waals surface area contributed by atoms with Crippen LogP contribution in [0.4, 0.5) is 0 Å². The Balaban J connectivity index is 1.57. The number of benzene rings is 5. The molecule has 2 bridgehead atoms. The zero-order valence-corrected chi connectivity index (χ0v) is 18.1. The van der Waals surface area contributed by atoms with Crippen LogP contribution in [0.25, 0.3) is 10.8 Å². The molecule has 0 aromatic heterocycles. The fourth-order valence-electron chi connectivity index (χ4n) is 7.30. The van der Waals surface area contributed by atoms with Gasteiger partial charge in [0.15, 0.2) is 0 Å². The smallest absolute Gasteiger partial charge is 0.128 e. The maximum atomic E-state index is 7.55. The monoisotopic (exact) mass is 422 g/mol. The van der Waals surface area contributed by atoms with Gasteiger partial charge in [0.2, 0.25) is 0 Å². The van der Waals surface area contributed by atoms with Crippen LogP contribution in [0.5, 0.6) is 0 Å². The molecular formula is C32H22O. The predicted octanol–water partition coefficient (Wildman–Crippen LogP) is 7.25.